The van der Waals surface area contributed by atoms with E-state index >= 15 is 0 Å². The Kier molecular flexibility index (Phi) is 45.7. The molecule has 11 heteroatoms. The minimum atomic E-state index is 0.333. The zero-order valence-corrected chi connectivity index (χ0v) is 48.9. The minimum absolute atomic E-state index is 0.333. The molecule has 0 bridgehead atoms. The fraction of sp³-hybridized carbons (Fsp3) is 0.571. The Bertz CT molecular complexity index is 1640. The van der Waals surface area contributed by atoms with E-state index < -0.39 is 0 Å². The van der Waals surface area contributed by atoms with Crippen molar-refractivity contribution < 1.29 is 9.47 Å². The summed E-state index contributed by atoms with van der Waals surface area (Å²) < 4.78 is 10.3. The Morgan fingerprint density at radius 3 is 1.09 bits per heavy atom. The minimum Gasteiger partial charge on any atom is -0.493 e. The van der Waals surface area contributed by atoms with Gasteiger partial charge in [-0.05, 0) is 181 Å². The van der Waals surface area contributed by atoms with Gasteiger partial charge in [-0.3, -0.25) is 0 Å². The fourth-order valence-corrected chi connectivity index (χ4v) is 3.74. The van der Waals surface area contributed by atoms with E-state index in [1.54, 1.807) is 14.2 Å². The maximum absolute atomic E-state index is 5.18. The molecule has 0 aliphatic heterocycles. The lowest BCUT2D eigenvalue weighted by atomic mass is 10.1. The van der Waals surface area contributed by atoms with Crippen molar-refractivity contribution in [3.05, 3.63) is 108 Å². The number of hydrogen-bond acceptors (Lipinski definition) is 11. The number of para-hydroxylation sites is 2. The number of nitrogens with one attached hydrogen (secondary N) is 1. The predicted molar refractivity (Wildman–Crippen MR) is 307 cm³/mol. The van der Waals surface area contributed by atoms with Gasteiger partial charge in [-0.2, -0.15) is 0 Å². The average Bonchev–Trinajstić information content (AvgIpc) is 3.25. The third kappa shape index (κ3) is 45.1. The van der Waals surface area contributed by atoms with Gasteiger partial charge in [-0.25, -0.2) is 0 Å². The van der Waals surface area contributed by atoms with Crippen molar-refractivity contribution >= 4 is 22.7 Å². The predicted octanol–water partition coefficient (Wildman–Crippen LogP) is 10.5. The summed E-state index contributed by atoms with van der Waals surface area (Å²) in [6.07, 6.45) is 0. The van der Waals surface area contributed by atoms with Crippen molar-refractivity contribution in [2.75, 3.05) is 174 Å². The summed E-state index contributed by atoms with van der Waals surface area (Å²) in [6, 6.07) is 33.6. The number of nitrogens with zero attached hydrogens (tertiary/aromatic N) is 8. The molecule has 0 aliphatic rings. The first kappa shape index (κ1) is 71.5. The highest BCUT2D eigenvalue weighted by Gasteiger charge is 2.10. The molecule has 0 saturated carbocycles. The lowest BCUT2D eigenvalue weighted by Gasteiger charge is -2.27. The van der Waals surface area contributed by atoms with Gasteiger partial charge in [-0.15, -0.1) is 0 Å². The highest BCUT2D eigenvalue weighted by molar-refractivity contribution is 5.55. The highest BCUT2D eigenvalue weighted by Crippen LogP contribution is 2.30. The second-order valence-electron chi connectivity index (χ2n) is 18.9. The number of methoxy groups -OCH3 is 2. The third-order valence-corrected chi connectivity index (χ3v) is 9.31. The molecular formula is C56H107N9O2. The van der Waals surface area contributed by atoms with Crippen molar-refractivity contribution in [1.29, 1.82) is 0 Å². The zero-order chi connectivity index (χ0) is 53.5. The van der Waals surface area contributed by atoms with Gasteiger partial charge in [0.1, 0.15) is 0 Å². The van der Waals surface area contributed by atoms with E-state index in [1.807, 2.05) is 124 Å². The molecule has 0 unspecified atom stereocenters. The number of hydrogen-bond donors (Lipinski definition) is 1. The molecule has 0 radical (unpaired) electrons. The van der Waals surface area contributed by atoms with E-state index in [0.717, 1.165) is 23.7 Å². The Morgan fingerprint density at radius 1 is 0.507 bits per heavy atom. The number of anilines is 4. The summed E-state index contributed by atoms with van der Waals surface area (Å²) in [7, 11) is 41.7. The molecule has 0 aromatic heterocycles. The van der Waals surface area contributed by atoms with Crippen LogP contribution in [-0.2, 0) is 0 Å². The maximum Gasteiger partial charge on any atom is 0.162 e. The van der Waals surface area contributed by atoms with E-state index in [2.05, 4.69) is 207 Å². The monoisotopic (exact) mass is 938 g/mol. The molecule has 4 rings (SSSR count). The van der Waals surface area contributed by atoms with Crippen LogP contribution in [0.25, 0.3) is 0 Å². The molecule has 0 aliphatic carbocycles. The second-order valence-corrected chi connectivity index (χ2v) is 18.9. The van der Waals surface area contributed by atoms with Crippen LogP contribution in [0.4, 0.5) is 22.7 Å². The summed E-state index contributed by atoms with van der Waals surface area (Å²) in [4.78, 5) is 16.8. The van der Waals surface area contributed by atoms with Crippen LogP contribution >= 0.6 is 0 Å². The number of aryl methyl sites for hydroxylation is 2. The zero-order valence-electron chi connectivity index (χ0n) is 48.9. The molecule has 4 aromatic carbocycles. The SMILES string of the molecule is CC(C)N(C)C.CCN(C)C.CN(C)C.CN(C)C(C)(C)C.CN(C)c1ccccc1.CNC.COc1ccc(N(C)C)cc1OC.Cc1ccc(N(C)C)cc1.Cc1ccccc1N(C)C. The molecule has 388 valence electrons. The number of benzene rings is 4. The quantitative estimate of drug-likeness (QED) is 0.184. The van der Waals surface area contributed by atoms with Gasteiger partial charge in [-0.1, -0.05) is 61.0 Å². The highest BCUT2D eigenvalue weighted by atomic mass is 16.5. The molecule has 0 atom stereocenters. The van der Waals surface area contributed by atoms with Gasteiger partial charge in [0.25, 0.3) is 0 Å². The molecule has 1 N–H and O–H groups in total. The first-order valence-corrected chi connectivity index (χ1v) is 23.2. The van der Waals surface area contributed by atoms with Crippen LogP contribution in [0.2, 0.25) is 0 Å². The van der Waals surface area contributed by atoms with Gasteiger partial charge < -0.3 is 54.0 Å². The summed E-state index contributed by atoms with van der Waals surface area (Å²) in [5, 5.41) is 2.75. The fourth-order valence-electron chi connectivity index (χ4n) is 3.74. The van der Waals surface area contributed by atoms with Gasteiger partial charge in [0.15, 0.2) is 11.5 Å². The van der Waals surface area contributed by atoms with Gasteiger partial charge in [0.05, 0.1) is 14.2 Å². The number of ether oxygens (including phenoxy) is 2. The van der Waals surface area contributed by atoms with Crippen LogP contribution in [-0.4, -0.2) is 186 Å². The largest absolute Gasteiger partial charge is 0.493 e. The van der Waals surface area contributed by atoms with Crippen molar-refractivity contribution in [2.24, 2.45) is 0 Å². The second kappa shape index (κ2) is 42.8. The van der Waals surface area contributed by atoms with Crippen LogP contribution in [0, 0.1) is 13.8 Å². The average molecular weight is 939 g/mol. The van der Waals surface area contributed by atoms with E-state index in [1.165, 1.54) is 28.2 Å². The first-order chi connectivity index (χ1) is 30.9. The van der Waals surface area contributed by atoms with Crippen LogP contribution in [0.3, 0.4) is 0 Å². The first-order valence-electron chi connectivity index (χ1n) is 23.2. The molecule has 0 heterocycles. The Hall–Kier alpha value is -4.52. The Morgan fingerprint density at radius 2 is 0.836 bits per heavy atom. The van der Waals surface area contributed by atoms with Crippen molar-refractivity contribution in [3.8, 4) is 11.5 Å². The van der Waals surface area contributed by atoms with Crippen LogP contribution in [0.1, 0.15) is 52.7 Å². The van der Waals surface area contributed by atoms with E-state index in [0.29, 0.717) is 11.6 Å². The standard InChI is InChI=1S/C10H15NO2.2C9H13N.C8H11N.C6H15N.C5H13N.C4H11N.C3H9N.C2H7N/c1-11(2)8-5-6-9(12-3)10(7-8)13-4;1-8-4-6-9(7-5-8)10(2)3;1-8-6-4-5-7-9(8)10(2)3;1-9(2)8-6-4-3-5-7-8;1-6(2,3)7(4)5;1-5(2)6(3)4;1-4-5(2)3;1-4(2)3;1-3-2/h5-7H,1-4H3;2*4-7H,1-3H3;3-7H,1-2H3;1-5H3;5H,1-4H3;4H2,1-3H3;1-3H3;3H,1-2H3. The normalized spacial score (nSPS) is 9.76. The summed E-state index contributed by atoms with van der Waals surface area (Å²) in [5.41, 5.74) is 7.86. The topological polar surface area (TPSA) is 56.4 Å². The third-order valence-electron chi connectivity index (χ3n) is 9.31. The Balaban J connectivity index is -0.000000222. The van der Waals surface area contributed by atoms with E-state index in [4.69, 9.17) is 9.47 Å². The van der Waals surface area contributed by atoms with E-state index in [9.17, 15) is 0 Å². The summed E-state index contributed by atoms with van der Waals surface area (Å²) >= 11 is 0. The molecule has 4 aromatic rings. The molecule has 0 amide bonds. The van der Waals surface area contributed by atoms with Crippen molar-refractivity contribution in [2.45, 2.75) is 67.0 Å². The van der Waals surface area contributed by atoms with Gasteiger partial charge >= 0.3 is 0 Å². The molecule has 11 nitrogen and oxygen atoms in total. The van der Waals surface area contributed by atoms with Crippen molar-refractivity contribution in [1.82, 2.24) is 24.9 Å². The molecule has 0 fully saturated rings. The van der Waals surface area contributed by atoms with Crippen LogP contribution in [0.15, 0.2) is 97.1 Å². The number of rotatable bonds is 8. The van der Waals surface area contributed by atoms with Gasteiger partial charge in [0.2, 0.25) is 0 Å². The maximum atomic E-state index is 5.18. The van der Waals surface area contributed by atoms with Crippen LogP contribution < -0.4 is 34.4 Å². The van der Waals surface area contributed by atoms with Crippen molar-refractivity contribution in [3.63, 3.8) is 0 Å². The summed E-state index contributed by atoms with van der Waals surface area (Å²) in [6.45, 7) is 18.4. The van der Waals surface area contributed by atoms with E-state index in [-0.39, 0.29) is 0 Å². The Labute approximate surface area is 416 Å². The van der Waals surface area contributed by atoms with Crippen LogP contribution in [0.5, 0.6) is 11.5 Å². The molecule has 0 spiro atoms. The lowest BCUT2D eigenvalue weighted by molar-refractivity contribution is 0.219. The summed E-state index contributed by atoms with van der Waals surface area (Å²) in [5.74, 6) is 1.52. The molecule has 0 saturated heterocycles. The lowest BCUT2D eigenvalue weighted by Crippen LogP contribution is -2.34. The smallest absolute Gasteiger partial charge is 0.162 e. The van der Waals surface area contributed by atoms with Gasteiger partial charge in [0, 0.05) is 96.8 Å². The molecule has 67 heavy (non-hydrogen) atoms. The molecular weight excluding hydrogens is 831 g/mol.